The van der Waals surface area contributed by atoms with Gasteiger partial charge in [-0.15, -0.1) is 0 Å². The second-order valence-electron chi connectivity index (χ2n) is 5.84. The van der Waals surface area contributed by atoms with Crippen molar-refractivity contribution in [2.75, 3.05) is 6.61 Å². The Morgan fingerprint density at radius 1 is 1.50 bits per heavy atom. The molecule has 1 saturated heterocycles. The number of ether oxygens (including phenoxy) is 1. The van der Waals surface area contributed by atoms with E-state index in [1.165, 1.54) is 0 Å². The maximum atomic E-state index is 12.2. The molecule has 5 nitrogen and oxygen atoms in total. The first-order valence-corrected chi connectivity index (χ1v) is 8.08. The SMILES string of the molecule is CCCn1c(C(C)NC(=O)C2CCCO2)nc2ccccc21. The minimum Gasteiger partial charge on any atom is -0.368 e. The summed E-state index contributed by atoms with van der Waals surface area (Å²) in [6.45, 7) is 5.71. The molecule has 118 valence electrons. The standard InChI is InChI=1S/C17H23N3O2/c1-3-10-20-14-8-5-4-7-13(14)19-16(20)12(2)18-17(21)15-9-6-11-22-15/h4-5,7-8,12,15H,3,6,9-11H2,1-2H3,(H,18,21). The van der Waals surface area contributed by atoms with Crippen LogP contribution in [0.25, 0.3) is 11.0 Å². The first-order chi connectivity index (χ1) is 10.7. The van der Waals surface area contributed by atoms with Crippen molar-refractivity contribution in [3.63, 3.8) is 0 Å². The Balaban J connectivity index is 1.84. The normalized spacial score (nSPS) is 19.5. The largest absolute Gasteiger partial charge is 0.368 e. The second kappa shape index (κ2) is 6.48. The summed E-state index contributed by atoms with van der Waals surface area (Å²) in [5.41, 5.74) is 2.10. The van der Waals surface area contributed by atoms with Crippen molar-refractivity contribution in [2.45, 2.75) is 51.8 Å². The summed E-state index contributed by atoms with van der Waals surface area (Å²) in [5, 5.41) is 3.05. The van der Waals surface area contributed by atoms with Gasteiger partial charge in [-0.3, -0.25) is 4.79 Å². The summed E-state index contributed by atoms with van der Waals surface area (Å²) in [6.07, 6.45) is 2.50. The van der Waals surface area contributed by atoms with Gasteiger partial charge < -0.3 is 14.6 Å². The van der Waals surface area contributed by atoms with Crippen LogP contribution in [-0.4, -0.2) is 28.2 Å². The molecule has 1 fully saturated rings. The van der Waals surface area contributed by atoms with E-state index < -0.39 is 0 Å². The summed E-state index contributed by atoms with van der Waals surface area (Å²) in [6, 6.07) is 7.98. The quantitative estimate of drug-likeness (QED) is 0.924. The molecule has 0 radical (unpaired) electrons. The van der Waals surface area contributed by atoms with Crippen LogP contribution in [0.5, 0.6) is 0 Å². The van der Waals surface area contributed by atoms with Gasteiger partial charge in [0.1, 0.15) is 11.9 Å². The number of para-hydroxylation sites is 2. The lowest BCUT2D eigenvalue weighted by Gasteiger charge is -2.18. The first-order valence-electron chi connectivity index (χ1n) is 8.08. The Hall–Kier alpha value is -1.88. The highest BCUT2D eigenvalue weighted by molar-refractivity contribution is 5.81. The summed E-state index contributed by atoms with van der Waals surface area (Å²) in [5.74, 6) is 0.884. The fourth-order valence-electron chi connectivity index (χ4n) is 3.04. The van der Waals surface area contributed by atoms with Crippen LogP contribution in [0.4, 0.5) is 0 Å². The van der Waals surface area contributed by atoms with E-state index in [0.29, 0.717) is 6.61 Å². The van der Waals surface area contributed by atoms with Gasteiger partial charge in [0.05, 0.1) is 17.1 Å². The smallest absolute Gasteiger partial charge is 0.249 e. The molecule has 1 aliphatic heterocycles. The van der Waals surface area contributed by atoms with Crippen LogP contribution in [0.2, 0.25) is 0 Å². The lowest BCUT2D eigenvalue weighted by atomic mass is 10.2. The van der Waals surface area contributed by atoms with Crippen LogP contribution < -0.4 is 5.32 Å². The van der Waals surface area contributed by atoms with E-state index in [9.17, 15) is 4.79 Å². The highest BCUT2D eigenvalue weighted by Gasteiger charge is 2.26. The van der Waals surface area contributed by atoms with E-state index in [4.69, 9.17) is 9.72 Å². The number of imidazole rings is 1. The topological polar surface area (TPSA) is 56.2 Å². The monoisotopic (exact) mass is 301 g/mol. The molecule has 2 aromatic rings. The van der Waals surface area contributed by atoms with Crippen molar-refractivity contribution < 1.29 is 9.53 Å². The molecule has 1 amide bonds. The Morgan fingerprint density at radius 3 is 3.05 bits per heavy atom. The number of nitrogens with one attached hydrogen (secondary N) is 1. The summed E-state index contributed by atoms with van der Waals surface area (Å²) in [4.78, 5) is 17.0. The number of aromatic nitrogens is 2. The third kappa shape index (κ3) is 2.86. The molecule has 0 bridgehead atoms. The molecular weight excluding hydrogens is 278 g/mol. The number of rotatable bonds is 5. The van der Waals surface area contributed by atoms with Crippen molar-refractivity contribution in [3.8, 4) is 0 Å². The third-order valence-electron chi connectivity index (χ3n) is 4.10. The van der Waals surface area contributed by atoms with Gasteiger partial charge in [0.25, 0.3) is 0 Å². The number of amides is 1. The molecule has 0 saturated carbocycles. The van der Waals surface area contributed by atoms with Crippen LogP contribution in [0, 0.1) is 0 Å². The third-order valence-corrected chi connectivity index (χ3v) is 4.10. The zero-order valence-corrected chi connectivity index (χ0v) is 13.2. The minimum atomic E-state index is -0.300. The number of nitrogens with zero attached hydrogens (tertiary/aromatic N) is 2. The lowest BCUT2D eigenvalue weighted by Crippen LogP contribution is -2.36. The maximum Gasteiger partial charge on any atom is 0.249 e. The molecular formula is C17H23N3O2. The van der Waals surface area contributed by atoms with Gasteiger partial charge >= 0.3 is 0 Å². The highest BCUT2D eigenvalue weighted by Crippen LogP contribution is 2.22. The molecule has 22 heavy (non-hydrogen) atoms. The zero-order valence-electron chi connectivity index (χ0n) is 13.2. The highest BCUT2D eigenvalue weighted by atomic mass is 16.5. The van der Waals surface area contributed by atoms with Crippen LogP contribution in [0.3, 0.4) is 0 Å². The summed E-state index contributed by atoms with van der Waals surface area (Å²) in [7, 11) is 0. The summed E-state index contributed by atoms with van der Waals surface area (Å²) >= 11 is 0. The van der Waals surface area contributed by atoms with Gasteiger partial charge in [-0.2, -0.15) is 0 Å². The van der Waals surface area contributed by atoms with E-state index in [-0.39, 0.29) is 18.1 Å². The molecule has 2 atom stereocenters. The van der Waals surface area contributed by atoms with E-state index in [1.807, 2.05) is 25.1 Å². The lowest BCUT2D eigenvalue weighted by molar-refractivity contribution is -0.130. The zero-order chi connectivity index (χ0) is 15.5. The molecule has 1 aromatic carbocycles. The predicted octanol–water partition coefficient (Wildman–Crippen LogP) is 2.80. The molecule has 1 aliphatic rings. The molecule has 3 rings (SSSR count). The molecule has 2 unspecified atom stereocenters. The Morgan fingerprint density at radius 2 is 2.32 bits per heavy atom. The van der Waals surface area contributed by atoms with E-state index in [1.54, 1.807) is 0 Å². The number of benzene rings is 1. The van der Waals surface area contributed by atoms with Gasteiger partial charge in [-0.25, -0.2) is 4.98 Å². The van der Waals surface area contributed by atoms with Crippen LogP contribution >= 0.6 is 0 Å². The first kappa shape index (κ1) is 15.0. The van der Waals surface area contributed by atoms with Crippen molar-refractivity contribution in [1.29, 1.82) is 0 Å². The number of carbonyl (C=O) groups is 1. The molecule has 1 N–H and O–H groups in total. The van der Waals surface area contributed by atoms with Gasteiger partial charge in [0.2, 0.25) is 5.91 Å². The number of fused-ring (bicyclic) bond motifs is 1. The fraction of sp³-hybridized carbons (Fsp3) is 0.529. The van der Waals surface area contributed by atoms with Crippen molar-refractivity contribution in [3.05, 3.63) is 30.1 Å². The van der Waals surface area contributed by atoms with Crippen LogP contribution in [0.1, 0.15) is 45.0 Å². The fourth-order valence-corrected chi connectivity index (χ4v) is 3.04. The average Bonchev–Trinajstić information content (AvgIpc) is 3.16. The number of hydrogen-bond donors (Lipinski definition) is 1. The van der Waals surface area contributed by atoms with Gasteiger partial charge in [0, 0.05) is 13.2 Å². The van der Waals surface area contributed by atoms with E-state index in [0.717, 1.165) is 42.7 Å². The molecule has 2 heterocycles. The second-order valence-corrected chi connectivity index (χ2v) is 5.84. The van der Waals surface area contributed by atoms with E-state index in [2.05, 4.69) is 22.9 Å². The summed E-state index contributed by atoms with van der Waals surface area (Å²) < 4.78 is 7.65. The van der Waals surface area contributed by atoms with E-state index >= 15 is 0 Å². The van der Waals surface area contributed by atoms with Gasteiger partial charge in [0.15, 0.2) is 0 Å². The van der Waals surface area contributed by atoms with Crippen molar-refractivity contribution in [2.24, 2.45) is 0 Å². The van der Waals surface area contributed by atoms with Crippen molar-refractivity contribution >= 4 is 16.9 Å². The Kier molecular flexibility index (Phi) is 4.43. The predicted molar refractivity (Wildman–Crippen MR) is 85.6 cm³/mol. The maximum absolute atomic E-state index is 12.2. The Bertz CT molecular complexity index is 659. The van der Waals surface area contributed by atoms with Gasteiger partial charge in [-0.1, -0.05) is 19.1 Å². The Labute approximate surface area is 130 Å². The molecule has 1 aromatic heterocycles. The minimum absolute atomic E-state index is 0.0277. The van der Waals surface area contributed by atoms with Crippen LogP contribution in [0.15, 0.2) is 24.3 Å². The van der Waals surface area contributed by atoms with Gasteiger partial charge in [-0.05, 0) is 38.3 Å². The number of carbonyl (C=O) groups excluding carboxylic acids is 1. The van der Waals surface area contributed by atoms with Crippen LogP contribution in [-0.2, 0) is 16.1 Å². The molecule has 0 aliphatic carbocycles. The number of aryl methyl sites for hydroxylation is 1. The van der Waals surface area contributed by atoms with Crippen molar-refractivity contribution in [1.82, 2.24) is 14.9 Å². The molecule has 5 heteroatoms. The molecule has 0 spiro atoms. The average molecular weight is 301 g/mol. The number of hydrogen-bond acceptors (Lipinski definition) is 3.